The number of methoxy groups -OCH3 is 1. The molecule has 0 bridgehead atoms. The summed E-state index contributed by atoms with van der Waals surface area (Å²) in [5, 5.41) is 6.82. The molecule has 5 nitrogen and oxygen atoms in total. The predicted molar refractivity (Wildman–Crippen MR) is 123 cm³/mol. The summed E-state index contributed by atoms with van der Waals surface area (Å²) >= 11 is 6.21. The maximum Gasteiger partial charge on any atom is 0.435 e. The van der Waals surface area contributed by atoms with E-state index in [-0.39, 0.29) is 16.6 Å². The van der Waals surface area contributed by atoms with Crippen LogP contribution in [0.25, 0.3) is 16.9 Å². The molecule has 4 aromatic rings. The van der Waals surface area contributed by atoms with Crippen LogP contribution in [-0.2, 0) is 12.7 Å². The summed E-state index contributed by atoms with van der Waals surface area (Å²) in [6, 6.07) is 21.0. The average Bonchev–Trinajstić information content (AvgIpc) is 3.29. The van der Waals surface area contributed by atoms with Crippen molar-refractivity contribution in [2.75, 3.05) is 7.11 Å². The van der Waals surface area contributed by atoms with E-state index in [4.69, 9.17) is 16.3 Å². The van der Waals surface area contributed by atoms with Crippen LogP contribution in [0.5, 0.6) is 5.75 Å². The van der Waals surface area contributed by atoms with Gasteiger partial charge in [0, 0.05) is 17.7 Å². The van der Waals surface area contributed by atoms with Crippen molar-refractivity contribution in [3.63, 3.8) is 0 Å². The number of nitrogens with zero attached hydrogens (tertiary/aromatic N) is 2. The smallest absolute Gasteiger partial charge is 0.435 e. The molecule has 174 valence electrons. The molecule has 0 unspecified atom stereocenters. The molecule has 1 heterocycles. The van der Waals surface area contributed by atoms with E-state index in [1.165, 1.54) is 0 Å². The van der Waals surface area contributed by atoms with Gasteiger partial charge in [-0.3, -0.25) is 4.79 Å². The third kappa shape index (κ3) is 5.07. The highest BCUT2D eigenvalue weighted by atomic mass is 35.5. The molecular weight excluding hydrogens is 467 g/mol. The van der Waals surface area contributed by atoms with E-state index in [9.17, 15) is 18.0 Å². The fourth-order valence-corrected chi connectivity index (χ4v) is 3.61. The molecule has 1 amide bonds. The van der Waals surface area contributed by atoms with Crippen LogP contribution in [0, 0.1) is 0 Å². The maximum atomic E-state index is 13.4. The van der Waals surface area contributed by atoms with Gasteiger partial charge in [-0.05, 0) is 48.0 Å². The largest absolute Gasteiger partial charge is 0.497 e. The second kappa shape index (κ2) is 9.61. The van der Waals surface area contributed by atoms with Crippen LogP contribution in [-0.4, -0.2) is 22.8 Å². The van der Waals surface area contributed by atoms with Gasteiger partial charge in [-0.2, -0.15) is 18.3 Å². The quantitative estimate of drug-likeness (QED) is 0.356. The van der Waals surface area contributed by atoms with Crippen LogP contribution in [0.3, 0.4) is 0 Å². The van der Waals surface area contributed by atoms with Gasteiger partial charge in [0.2, 0.25) is 0 Å². The topological polar surface area (TPSA) is 56.1 Å². The molecule has 9 heteroatoms. The third-order valence-electron chi connectivity index (χ3n) is 5.11. The number of alkyl halides is 3. The average molecular weight is 486 g/mol. The van der Waals surface area contributed by atoms with Gasteiger partial charge in [-0.1, -0.05) is 48.0 Å². The number of hydrogen-bond donors (Lipinski definition) is 1. The number of amides is 1. The molecule has 1 aromatic heterocycles. The Kier molecular flexibility index (Phi) is 6.61. The summed E-state index contributed by atoms with van der Waals surface area (Å²) in [4.78, 5) is 12.6. The van der Waals surface area contributed by atoms with E-state index in [1.807, 2.05) is 24.3 Å². The molecule has 0 saturated heterocycles. The molecule has 0 aliphatic rings. The molecule has 34 heavy (non-hydrogen) atoms. The normalized spacial score (nSPS) is 11.3. The standard InChI is InChI=1S/C25H19ClF3N3O2/c1-34-19-6-4-5-16(13-19)15-30-24(33)18-11-9-17(10-12-18)22-14-23(25(27,28)29)31-32(22)21-8-3-2-7-20(21)26/h2-14H,15H2,1H3,(H,30,33). The number of nitrogens with one attached hydrogen (secondary N) is 1. The number of ether oxygens (including phenoxy) is 1. The van der Waals surface area contributed by atoms with Crippen LogP contribution < -0.4 is 10.1 Å². The Hall–Kier alpha value is -3.78. The third-order valence-corrected chi connectivity index (χ3v) is 5.43. The molecule has 0 aliphatic carbocycles. The summed E-state index contributed by atoms with van der Waals surface area (Å²) in [5.41, 5.74) is 1.16. The van der Waals surface area contributed by atoms with Crippen molar-refractivity contribution in [2.24, 2.45) is 0 Å². The van der Waals surface area contributed by atoms with Gasteiger partial charge in [-0.15, -0.1) is 0 Å². The van der Waals surface area contributed by atoms with E-state index in [0.717, 1.165) is 16.3 Å². The number of carbonyl (C=O) groups is 1. The zero-order valence-electron chi connectivity index (χ0n) is 17.9. The van der Waals surface area contributed by atoms with Crippen LogP contribution in [0.15, 0.2) is 78.9 Å². The highest BCUT2D eigenvalue weighted by Gasteiger charge is 2.35. The molecule has 0 spiro atoms. The van der Waals surface area contributed by atoms with Crippen LogP contribution in [0.2, 0.25) is 5.02 Å². The first kappa shape index (κ1) is 23.4. The van der Waals surface area contributed by atoms with Crippen molar-refractivity contribution in [3.05, 3.63) is 101 Å². The van der Waals surface area contributed by atoms with Gasteiger partial charge < -0.3 is 10.1 Å². The number of hydrogen-bond acceptors (Lipinski definition) is 3. The number of rotatable bonds is 6. The molecule has 1 N–H and O–H groups in total. The van der Waals surface area contributed by atoms with Gasteiger partial charge in [0.15, 0.2) is 5.69 Å². The molecule has 0 atom stereocenters. The van der Waals surface area contributed by atoms with Crippen LogP contribution in [0.1, 0.15) is 21.6 Å². The lowest BCUT2D eigenvalue weighted by molar-refractivity contribution is -0.141. The molecule has 0 fully saturated rings. The highest BCUT2D eigenvalue weighted by molar-refractivity contribution is 6.32. The minimum absolute atomic E-state index is 0.198. The SMILES string of the molecule is COc1cccc(CNC(=O)c2ccc(-c3cc(C(F)(F)F)nn3-c3ccccc3Cl)cc2)c1. The molecule has 0 saturated carbocycles. The molecule has 4 rings (SSSR count). The lowest BCUT2D eigenvalue weighted by Gasteiger charge is -2.10. The predicted octanol–water partition coefficient (Wildman–Crippen LogP) is 6.15. The lowest BCUT2D eigenvalue weighted by atomic mass is 10.1. The number of carbonyl (C=O) groups excluding carboxylic acids is 1. The number of para-hydroxylation sites is 1. The Labute approximate surface area is 198 Å². The van der Waals surface area contributed by atoms with Gasteiger partial charge >= 0.3 is 6.18 Å². The van der Waals surface area contributed by atoms with E-state index in [2.05, 4.69) is 10.4 Å². The number of benzene rings is 3. The van der Waals surface area contributed by atoms with Crippen molar-refractivity contribution >= 4 is 17.5 Å². The summed E-state index contributed by atoms with van der Waals surface area (Å²) in [6.07, 6.45) is -4.62. The summed E-state index contributed by atoms with van der Waals surface area (Å²) < 4.78 is 46.5. The van der Waals surface area contributed by atoms with Crippen molar-refractivity contribution < 1.29 is 22.7 Å². The first-order valence-electron chi connectivity index (χ1n) is 10.2. The van der Waals surface area contributed by atoms with E-state index in [0.29, 0.717) is 29.1 Å². The Balaban J connectivity index is 1.59. The molecular formula is C25H19ClF3N3O2. The van der Waals surface area contributed by atoms with Crippen molar-refractivity contribution in [1.29, 1.82) is 0 Å². The second-order valence-electron chi connectivity index (χ2n) is 7.39. The molecule has 0 aliphatic heterocycles. The fraction of sp³-hybridized carbons (Fsp3) is 0.120. The van der Waals surface area contributed by atoms with Gasteiger partial charge in [0.05, 0.1) is 23.5 Å². The van der Waals surface area contributed by atoms with Crippen molar-refractivity contribution in [2.45, 2.75) is 12.7 Å². The Morgan fingerprint density at radius 2 is 1.76 bits per heavy atom. The zero-order chi connectivity index (χ0) is 24.3. The lowest BCUT2D eigenvalue weighted by Crippen LogP contribution is -2.22. The highest BCUT2D eigenvalue weighted by Crippen LogP contribution is 2.34. The summed E-state index contributed by atoms with van der Waals surface area (Å²) in [6.45, 7) is 0.298. The van der Waals surface area contributed by atoms with Gasteiger partial charge in [0.25, 0.3) is 5.91 Å². The van der Waals surface area contributed by atoms with E-state index >= 15 is 0 Å². The monoisotopic (exact) mass is 485 g/mol. The van der Waals surface area contributed by atoms with E-state index in [1.54, 1.807) is 55.6 Å². The molecule has 3 aromatic carbocycles. The van der Waals surface area contributed by atoms with Gasteiger partial charge in [-0.25, -0.2) is 4.68 Å². The summed E-state index contributed by atoms with van der Waals surface area (Å²) in [7, 11) is 1.56. The first-order chi connectivity index (χ1) is 16.3. The molecule has 0 radical (unpaired) electrons. The number of aromatic nitrogens is 2. The van der Waals surface area contributed by atoms with Crippen molar-refractivity contribution in [3.8, 4) is 22.7 Å². The summed E-state index contributed by atoms with van der Waals surface area (Å²) in [5.74, 6) is 0.370. The Bertz CT molecular complexity index is 1320. The number of halogens is 4. The Morgan fingerprint density at radius 3 is 2.44 bits per heavy atom. The zero-order valence-corrected chi connectivity index (χ0v) is 18.7. The van der Waals surface area contributed by atoms with Crippen LogP contribution >= 0.6 is 11.6 Å². The minimum atomic E-state index is -4.62. The maximum absolute atomic E-state index is 13.4. The minimum Gasteiger partial charge on any atom is -0.497 e. The first-order valence-corrected chi connectivity index (χ1v) is 10.6. The van der Waals surface area contributed by atoms with Gasteiger partial charge in [0.1, 0.15) is 5.75 Å². The Morgan fingerprint density at radius 1 is 1.03 bits per heavy atom. The van der Waals surface area contributed by atoms with E-state index < -0.39 is 11.9 Å². The van der Waals surface area contributed by atoms with Crippen LogP contribution in [0.4, 0.5) is 13.2 Å². The second-order valence-corrected chi connectivity index (χ2v) is 7.79. The van der Waals surface area contributed by atoms with Crippen molar-refractivity contribution in [1.82, 2.24) is 15.1 Å². The fourth-order valence-electron chi connectivity index (χ4n) is 3.39.